The zero-order chi connectivity index (χ0) is 12.0. The van der Waals surface area contributed by atoms with Gasteiger partial charge in [-0.1, -0.05) is 30.5 Å². The largest absolute Gasteiger partial charge is 0.359 e. The molecule has 0 aliphatic heterocycles. The highest BCUT2D eigenvalue weighted by molar-refractivity contribution is 6.33. The van der Waals surface area contributed by atoms with Crippen LogP contribution in [-0.4, -0.2) is 19.4 Å². The number of para-hydroxylation sites is 1. The van der Waals surface area contributed by atoms with Gasteiger partial charge >= 0.3 is 0 Å². The number of halogens is 1. The molecule has 0 saturated carbocycles. The Hall–Kier alpha value is -1.46. The summed E-state index contributed by atoms with van der Waals surface area (Å²) in [6.07, 6.45) is 7.07. The second kappa shape index (κ2) is 6.19. The molecule has 1 aromatic rings. The lowest BCUT2D eigenvalue weighted by molar-refractivity contribution is 0.112. The Balaban J connectivity index is 3.16. The van der Waals surface area contributed by atoms with Gasteiger partial charge in [-0.3, -0.25) is 4.79 Å². The van der Waals surface area contributed by atoms with Crippen molar-refractivity contribution < 1.29 is 4.79 Å². The Labute approximate surface area is 101 Å². The first-order chi connectivity index (χ1) is 7.74. The van der Waals surface area contributed by atoms with Gasteiger partial charge < -0.3 is 4.90 Å². The van der Waals surface area contributed by atoms with E-state index in [-0.39, 0.29) is 0 Å². The van der Waals surface area contributed by atoms with E-state index in [1.54, 1.807) is 18.2 Å². The summed E-state index contributed by atoms with van der Waals surface area (Å²) in [5.74, 6) is 2.58. The van der Waals surface area contributed by atoms with E-state index in [1.165, 1.54) is 0 Å². The van der Waals surface area contributed by atoms with Crippen molar-refractivity contribution in [2.45, 2.75) is 13.3 Å². The molecule has 84 valence electrons. The average Bonchev–Trinajstić information content (AvgIpc) is 2.28. The van der Waals surface area contributed by atoms with Gasteiger partial charge in [-0.15, -0.1) is 6.42 Å². The fourth-order valence-corrected chi connectivity index (χ4v) is 1.91. The van der Waals surface area contributed by atoms with Crippen molar-refractivity contribution in [1.29, 1.82) is 0 Å². The van der Waals surface area contributed by atoms with Gasteiger partial charge in [-0.2, -0.15) is 0 Å². The van der Waals surface area contributed by atoms with E-state index >= 15 is 0 Å². The first kappa shape index (κ1) is 12.6. The Morgan fingerprint density at radius 1 is 1.56 bits per heavy atom. The number of nitrogens with zero attached hydrogens (tertiary/aromatic N) is 1. The van der Waals surface area contributed by atoms with Crippen molar-refractivity contribution in [1.82, 2.24) is 0 Å². The van der Waals surface area contributed by atoms with Crippen LogP contribution in [0.5, 0.6) is 0 Å². The van der Waals surface area contributed by atoms with Gasteiger partial charge in [0.1, 0.15) is 0 Å². The van der Waals surface area contributed by atoms with E-state index in [0.29, 0.717) is 17.1 Å². The monoisotopic (exact) mass is 235 g/mol. The fourth-order valence-electron chi connectivity index (χ4n) is 1.61. The standard InChI is InChI=1S/C13H14ClNO/c1-3-8-15(9-4-2)13-11(10-16)6-5-7-12(13)14/h1,5-7,10H,4,8-9H2,2H3. The van der Waals surface area contributed by atoms with E-state index in [4.69, 9.17) is 18.0 Å². The van der Waals surface area contributed by atoms with E-state index in [2.05, 4.69) is 12.8 Å². The summed E-state index contributed by atoms with van der Waals surface area (Å²) in [5, 5.41) is 0.563. The summed E-state index contributed by atoms with van der Waals surface area (Å²) in [5.41, 5.74) is 1.31. The highest BCUT2D eigenvalue weighted by atomic mass is 35.5. The SMILES string of the molecule is C#CCN(CCC)c1c(Cl)cccc1C=O. The number of anilines is 1. The highest BCUT2D eigenvalue weighted by Gasteiger charge is 2.12. The van der Waals surface area contributed by atoms with Crippen LogP contribution in [0.4, 0.5) is 5.69 Å². The lowest BCUT2D eigenvalue weighted by atomic mass is 10.1. The summed E-state index contributed by atoms with van der Waals surface area (Å²) < 4.78 is 0. The van der Waals surface area contributed by atoms with Gasteiger partial charge in [-0.05, 0) is 18.6 Å². The van der Waals surface area contributed by atoms with Crippen molar-refractivity contribution in [3.05, 3.63) is 28.8 Å². The molecule has 0 bridgehead atoms. The zero-order valence-corrected chi connectivity index (χ0v) is 10.00. The van der Waals surface area contributed by atoms with Gasteiger partial charge in [0.25, 0.3) is 0 Å². The number of terminal acetylenes is 1. The summed E-state index contributed by atoms with van der Waals surface area (Å²) in [4.78, 5) is 12.9. The maximum absolute atomic E-state index is 11.0. The molecule has 0 aliphatic rings. The summed E-state index contributed by atoms with van der Waals surface area (Å²) in [6.45, 7) is 3.30. The van der Waals surface area contributed by atoms with E-state index in [0.717, 1.165) is 24.9 Å². The number of carbonyl (C=O) groups is 1. The van der Waals surface area contributed by atoms with Crippen LogP contribution in [0.1, 0.15) is 23.7 Å². The number of hydrogen-bond donors (Lipinski definition) is 0. The van der Waals surface area contributed by atoms with Crippen LogP contribution >= 0.6 is 11.6 Å². The first-order valence-corrected chi connectivity index (χ1v) is 5.54. The maximum Gasteiger partial charge on any atom is 0.152 e. The molecule has 0 spiro atoms. The van der Waals surface area contributed by atoms with E-state index < -0.39 is 0 Å². The molecular formula is C13H14ClNO. The maximum atomic E-state index is 11.0. The lowest BCUT2D eigenvalue weighted by Gasteiger charge is -2.24. The molecule has 0 radical (unpaired) electrons. The molecule has 0 aromatic heterocycles. The molecule has 16 heavy (non-hydrogen) atoms. The van der Waals surface area contributed by atoms with Crippen LogP contribution in [0.25, 0.3) is 0 Å². The minimum absolute atomic E-state index is 0.457. The van der Waals surface area contributed by atoms with Crippen LogP contribution in [0.15, 0.2) is 18.2 Å². The fraction of sp³-hybridized carbons (Fsp3) is 0.308. The minimum atomic E-state index is 0.457. The molecule has 0 aliphatic carbocycles. The number of carbonyl (C=O) groups excluding carboxylic acids is 1. The van der Waals surface area contributed by atoms with Crippen LogP contribution in [-0.2, 0) is 0 Å². The third-order valence-corrected chi connectivity index (χ3v) is 2.54. The topological polar surface area (TPSA) is 20.3 Å². The van der Waals surface area contributed by atoms with Crippen LogP contribution in [0, 0.1) is 12.3 Å². The zero-order valence-electron chi connectivity index (χ0n) is 9.24. The minimum Gasteiger partial charge on any atom is -0.359 e. The second-order valence-corrected chi connectivity index (χ2v) is 3.83. The normalized spacial score (nSPS) is 9.56. The second-order valence-electron chi connectivity index (χ2n) is 3.42. The lowest BCUT2D eigenvalue weighted by Crippen LogP contribution is -2.25. The smallest absolute Gasteiger partial charge is 0.152 e. The molecule has 2 nitrogen and oxygen atoms in total. The van der Waals surface area contributed by atoms with Gasteiger partial charge in [0.15, 0.2) is 6.29 Å². The summed E-state index contributed by atoms with van der Waals surface area (Å²) in [7, 11) is 0. The highest BCUT2D eigenvalue weighted by Crippen LogP contribution is 2.28. The molecule has 0 heterocycles. The van der Waals surface area contributed by atoms with Crippen molar-refractivity contribution in [3.8, 4) is 12.3 Å². The number of hydrogen-bond acceptors (Lipinski definition) is 2. The summed E-state index contributed by atoms with van der Waals surface area (Å²) >= 11 is 6.11. The molecule has 3 heteroatoms. The summed E-state index contributed by atoms with van der Waals surface area (Å²) in [6, 6.07) is 5.27. The predicted octanol–water partition coefficient (Wildman–Crippen LogP) is 3.00. The Morgan fingerprint density at radius 3 is 2.88 bits per heavy atom. The number of aldehydes is 1. The average molecular weight is 236 g/mol. The molecule has 0 atom stereocenters. The van der Waals surface area contributed by atoms with Gasteiger partial charge in [0.2, 0.25) is 0 Å². The molecule has 1 rings (SSSR count). The third kappa shape index (κ3) is 2.77. The third-order valence-electron chi connectivity index (χ3n) is 2.24. The molecule has 0 N–H and O–H groups in total. The van der Waals surface area contributed by atoms with Crippen LogP contribution in [0.2, 0.25) is 5.02 Å². The molecule has 1 aromatic carbocycles. The molecule has 0 fully saturated rings. The van der Waals surface area contributed by atoms with Crippen LogP contribution in [0.3, 0.4) is 0 Å². The van der Waals surface area contributed by atoms with Crippen molar-refractivity contribution in [2.24, 2.45) is 0 Å². The van der Waals surface area contributed by atoms with Crippen molar-refractivity contribution in [3.63, 3.8) is 0 Å². The number of benzene rings is 1. The number of rotatable bonds is 5. The van der Waals surface area contributed by atoms with Crippen molar-refractivity contribution in [2.75, 3.05) is 18.0 Å². The molecule has 0 saturated heterocycles. The quantitative estimate of drug-likeness (QED) is 0.578. The van der Waals surface area contributed by atoms with E-state index in [1.807, 2.05) is 4.90 Å². The van der Waals surface area contributed by atoms with Gasteiger partial charge in [-0.25, -0.2) is 0 Å². The van der Waals surface area contributed by atoms with Crippen LogP contribution < -0.4 is 4.90 Å². The van der Waals surface area contributed by atoms with E-state index in [9.17, 15) is 4.79 Å². The van der Waals surface area contributed by atoms with Crippen molar-refractivity contribution >= 4 is 23.6 Å². The molecule has 0 amide bonds. The Kier molecular flexibility index (Phi) is 4.88. The van der Waals surface area contributed by atoms with Gasteiger partial charge in [0.05, 0.1) is 17.3 Å². The predicted molar refractivity (Wildman–Crippen MR) is 68.2 cm³/mol. The molecular weight excluding hydrogens is 222 g/mol. The Morgan fingerprint density at radius 2 is 2.31 bits per heavy atom. The van der Waals surface area contributed by atoms with Gasteiger partial charge in [0, 0.05) is 12.1 Å². The first-order valence-electron chi connectivity index (χ1n) is 5.16. The Bertz CT molecular complexity index is 409. The molecule has 0 unspecified atom stereocenters.